The molecule has 0 atom stereocenters. The Kier molecular flexibility index (Phi) is 23.7. The van der Waals surface area contributed by atoms with Crippen LogP contribution in [0.25, 0.3) is 0 Å². The third-order valence-corrected chi connectivity index (χ3v) is 0.766. The first-order valence-electron chi connectivity index (χ1n) is 2.06. The summed E-state index contributed by atoms with van der Waals surface area (Å²) in [4.78, 5) is 0. The van der Waals surface area contributed by atoms with Gasteiger partial charge in [0.25, 0.3) is 11.4 Å². The van der Waals surface area contributed by atoms with Crippen molar-refractivity contribution in [2.45, 2.75) is 0 Å². The van der Waals surface area contributed by atoms with Crippen molar-refractivity contribution in [3.05, 3.63) is 0 Å². The van der Waals surface area contributed by atoms with E-state index in [4.69, 9.17) is 22.4 Å². The molecule has 13 nitrogen and oxygen atoms in total. The van der Waals surface area contributed by atoms with E-state index in [1.165, 1.54) is 0 Å². The molecule has 0 aliphatic rings. The summed E-state index contributed by atoms with van der Waals surface area (Å²) >= 11 is -2.61. The van der Waals surface area contributed by atoms with E-state index in [2.05, 4.69) is 8.67 Å². The van der Waals surface area contributed by atoms with Crippen LogP contribution in [0.5, 0.6) is 0 Å². The van der Waals surface area contributed by atoms with E-state index in [-0.39, 0.29) is 42.6 Å². The van der Waals surface area contributed by atoms with Gasteiger partial charge in [0.05, 0.1) is 0 Å². The molecule has 0 radical (unpaired) electrons. The molecular formula is H10NNaO12S3. The zero-order chi connectivity index (χ0) is 12.0. The van der Waals surface area contributed by atoms with Gasteiger partial charge >= 0.3 is 50.4 Å². The van der Waals surface area contributed by atoms with Crippen LogP contribution in [0.3, 0.4) is 0 Å². The Labute approximate surface area is 122 Å². The van der Waals surface area contributed by atoms with Gasteiger partial charge in [-0.05, 0) is 0 Å². The summed E-state index contributed by atoms with van der Waals surface area (Å²) in [6.45, 7) is 0. The summed E-state index contributed by atoms with van der Waals surface area (Å²) < 4.78 is 81.7. The minimum Gasteiger partial charge on any atom is -1.00 e. The molecule has 17 heavy (non-hydrogen) atoms. The monoisotopic (exact) mass is 335 g/mol. The van der Waals surface area contributed by atoms with E-state index in [0.29, 0.717) is 0 Å². The van der Waals surface area contributed by atoms with E-state index in [0.717, 1.165) is 0 Å². The van der Waals surface area contributed by atoms with E-state index >= 15 is 0 Å². The third kappa shape index (κ3) is 60.7. The van der Waals surface area contributed by atoms with Crippen LogP contribution in [0.1, 0.15) is 1.43 Å². The van der Waals surface area contributed by atoms with Crippen molar-refractivity contribution in [2.24, 2.45) is 0 Å². The van der Waals surface area contributed by atoms with E-state index in [9.17, 15) is 16.8 Å². The normalized spacial score (nSPS) is 9.94. The van der Waals surface area contributed by atoms with Crippen LogP contribution in [-0.2, 0) is 40.8 Å². The molecule has 0 saturated heterocycles. The zero-order valence-electron chi connectivity index (χ0n) is 9.08. The molecule has 0 rings (SSSR count). The Morgan fingerprint density at radius 3 is 1.12 bits per heavy atom. The summed E-state index contributed by atoms with van der Waals surface area (Å²) in [5.74, 6) is 0. The number of rotatable bonds is 3. The minimum absolute atomic E-state index is 0. The Morgan fingerprint density at radius 1 is 0.941 bits per heavy atom. The fourth-order valence-electron chi connectivity index (χ4n) is 0.0702. The Morgan fingerprint density at radius 2 is 1.06 bits per heavy atom. The van der Waals surface area contributed by atoms with Gasteiger partial charge in [0.2, 0.25) is 0 Å². The number of hydrogen-bond donors (Lipinski definition) is 5. The third-order valence-electron chi connectivity index (χ3n) is 0.200. The zero-order valence-corrected chi connectivity index (χ0v) is 12.5. The average molecular weight is 335 g/mol. The van der Waals surface area contributed by atoms with Crippen LogP contribution < -0.4 is 35.7 Å². The predicted octanol–water partition coefficient (Wildman–Crippen LogP) is -5.32. The van der Waals surface area contributed by atoms with Crippen molar-refractivity contribution >= 4 is 32.2 Å². The van der Waals surface area contributed by atoms with Crippen LogP contribution in [0.2, 0.25) is 0 Å². The van der Waals surface area contributed by atoms with Gasteiger partial charge in [-0.2, -0.15) is 21.0 Å². The van der Waals surface area contributed by atoms with Gasteiger partial charge in [0, 0.05) is 0 Å². The molecule has 0 heterocycles. The molecule has 0 spiro atoms. The SMILES string of the molecule is N.O.O=S(=O)(O)OOS(=O)(=O)O.O=S(O)O.[H-].[Na+]. The van der Waals surface area contributed by atoms with Crippen LogP contribution in [0.15, 0.2) is 0 Å². The Hall–Kier alpha value is 0.730. The molecule has 0 aromatic carbocycles. The molecular weight excluding hydrogens is 325 g/mol. The van der Waals surface area contributed by atoms with Crippen LogP contribution in [0, 0.1) is 0 Å². The first-order chi connectivity index (χ1) is 5.94. The first-order valence-corrected chi connectivity index (χ1v) is 5.86. The average Bonchev–Trinajstić information content (AvgIpc) is 1.79. The van der Waals surface area contributed by atoms with E-state index in [1.54, 1.807) is 0 Å². The first kappa shape index (κ1) is 30.6. The number of hydrogen-bond acceptors (Lipinski definition) is 8. The van der Waals surface area contributed by atoms with Crippen molar-refractivity contribution in [1.82, 2.24) is 6.15 Å². The van der Waals surface area contributed by atoms with Crippen molar-refractivity contribution in [3.8, 4) is 0 Å². The van der Waals surface area contributed by atoms with E-state index < -0.39 is 32.2 Å². The van der Waals surface area contributed by atoms with Gasteiger partial charge in [-0.25, -0.2) is 0 Å². The van der Waals surface area contributed by atoms with Gasteiger partial charge in [0.1, 0.15) is 0 Å². The van der Waals surface area contributed by atoms with Gasteiger partial charge in [-0.3, -0.25) is 18.2 Å². The fraction of sp³-hybridized carbons (Fsp3) is 0. The molecule has 17 heteroatoms. The summed E-state index contributed by atoms with van der Waals surface area (Å²) in [6, 6.07) is 0. The van der Waals surface area contributed by atoms with Crippen LogP contribution in [-0.4, -0.2) is 44.7 Å². The van der Waals surface area contributed by atoms with Gasteiger partial charge < -0.3 is 13.1 Å². The van der Waals surface area contributed by atoms with Crippen LogP contribution in [0.4, 0.5) is 0 Å². The smallest absolute Gasteiger partial charge is 1.00 e. The fourth-order valence-corrected chi connectivity index (χ4v) is 0.632. The van der Waals surface area contributed by atoms with Crippen molar-refractivity contribution < 1.29 is 84.4 Å². The maximum atomic E-state index is 9.51. The Balaban J connectivity index is -0.0000000402. The largest absolute Gasteiger partial charge is 1.00 e. The second-order valence-corrected chi connectivity index (χ2v) is 3.67. The maximum Gasteiger partial charge on any atom is 1.00 e. The minimum atomic E-state index is -5.02. The molecule has 9 N–H and O–H groups in total. The summed E-state index contributed by atoms with van der Waals surface area (Å²) in [5, 5.41) is 0. The van der Waals surface area contributed by atoms with Gasteiger partial charge in [-0.1, -0.05) is 8.67 Å². The van der Waals surface area contributed by atoms with Crippen molar-refractivity contribution in [1.29, 1.82) is 0 Å². The molecule has 0 aromatic rings. The molecule has 0 amide bonds. The molecule has 0 bridgehead atoms. The molecule has 0 aromatic heterocycles. The van der Waals surface area contributed by atoms with Crippen molar-refractivity contribution in [3.63, 3.8) is 0 Å². The summed E-state index contributed by atoms with van der Waals surface area (Å²) in [6.07, 6.45) is 0. The molecule has 0 aliphatic heterocycles. The summed E-state index contributed by atoms with van der Waals surface area (Å²) in [7, 11) is -10.0. The standard InChI is InChI=1S/H3N.Na.H2O8S2.H2O3S.H2O.H/c;;1-9(2,3)7-8-10(4,5)6;1-4(2)3;;/h1H3;;(H,1,2,3)(H,4,5,6);(H2,1,2,3);1H2;/q;+1;;;;-1. The van der Waals surface area contributed by atoms with Gasteiger partial charge in [-0.15, -0.1) is 0 Å². The molecule has 0 saturated carbocycles. The van der Waals surface area contributed by atoms with Gasteiger partial charge in [0.15, 0.2) is 0 Å². The van der Waals surface area contributed by atoms with Crippen molar-refractivity contribution in [2.75, 3.05) is 0 Å². The Bertz CT molecular complexity index is 334. The molecule has 106 valence electrons. The van der Waals surface area contributed by atoms with E-state index in [1.807, 2.05) is 0 Å². The summed E-state index contributed by atoms with van der Waals surface area (Å²) in [5.41, 5.74) is 0. The van der Waals surface area contributed by atoms with Crippen LogP contribution >= 0.6 is 0 Å². The molecule has 0 unspecified atom stereocenters. The molecule has 0 fully saturated rings. The quantitative estimate of drug-likeness (QED) is 0.106. The predicted molar refractivity (Wildman–Crippen MR) is 48.4 cm³/mol. The second-order valence-electron chi connectivity index (χ2n) is 1.22. The maximum absolute atomic E-state index is 9.51. The topological polar surface area (TPSA) is 251 Å². The molecule has 0 aliphatic carbocycles. The second kappa shape index (κ2) is 13.2.